The predicted octanol–water partition coefficient (Wildman–Crippen LogP) is 8.36. The molecule has 2 N–H and O–H groups in total. The minimum atomic E-state index is -0.0624. The fourth-order valence-electron chi connectivity index (χ4n) is 3.80. The molecule has 0 radical (unpaired) electrons. The average Bonchev–Trinajstić information content (AvgIpc) is 2.84. The maximum absolute atomic E-state index is 12.2. The summed E-state index contributed by atoms with van der Waals surface area (Å²) in [5.41, 5.74) is 1.40. The molecule has 198 valence electrons. The van der Waals surface area contributed by atoms with Gasteiger partial charge in [0.15, 0.2) is 5.78 Å². The van der Waals surface area contributed by atoms with E-state index in [9.17, 15) is 9.59 Å². The molecule has 6 heteroatoms. The number of hydrogen-bond acceptors (Lipinski definition) is 5. The number of carbonyl (C=O) groups excluding carboxylic acids is 2. The van der Waals surface area contributed by atoms with Crippen LogP contribution in [0.25, 0.3) is 0 Å². The number of nitrogens with one attached hydrogen (secondary N) is 2. The van der Waals surface area contributed by atoms with E-state index in [4.69, 9.17) is 4.74 Å². The molecule has 0 aliphatic carbocycles. The highest BCUT2D eigenvalue weighted by molar-refractivity contribution is 7.99. The smallest absolute Gasteiger partial charge is 0.234 e. The number of allylic oxidation sites excluding steroid dienone is 1. The molecule has 0 atom stereocenters. The Labute approximate surface area is 218 Å². The van der Waals surface area contributed by atoms with Gasteiger partial charge in [-0.2, -0.15) is 11.8 Å². The quantitative estimate of drug-likeness (QED) is 0.123. The van der Waals surface area contributed by atoms with Gasteiger partial charge in [-0.15, -0.1) is 0 Å². The third-order valence-electron chi connectivity index (χ3n) is 5.84. The molecule has 0 aliphatic rings. The van der Waals surface area contributed by atoms with Gasteiger partial charge in [-0.05, 0) is 37.3 Å². The normalized spacial score (nSPS) is 11.1. The number of rotatable bonds is 22. The molecule has 35 heavy (non-hydrogen) atoms. The Hall–Kier alpha value is -1.95. The lowest BCUT2D eigenvalue weighted by Gasteiger charge is -2.14. The van der Waals surface area contributed by atoms with Crippen LogP contribution in [0, 0.1) is 0 Å². The lowest BCUT2D eigenvalue weighted by Crippen LogP contribution is -2.15. The highest BCUT2D eigenvalue weighted by atomic mass is 32.2. The SMILES string of the molecule is CCCCCCCCCC(=O)/C=C/Nc1ccc(OCCCCCCCC)cc1NC(=O)CSC. The summed E-state index contributed by atoms with van der Waals surface area (Å²) in [7, 11) is 0. The number of ether oxygens (including phenoxy) is 1. The summed E-state index contributed by atoms with van der Waals surface area (Å²) in [4.78, 5) is 24.4. The van der Waals surface area contributed by atoms with E-state index in [2.05, 4.69) is 24.5 Å². The van der Waals surface area contributed by atoms with Crippen LogP contribution in [0.2, 0.25) is 0 Å². The Morgan fingerprint density at radius 2 is 1.49 bits per heavy atom. The molecule has 0 unspecified atom stereocenters. The number of unbranched alkanes of at least 4 members (excludes halogenated alkanes) is 11. The number of anilines is 2. The molecule has 5 nitrogen and oxygen atoms in total. The zero-order valence-electron chi connectivity index (χ0n) is 22.3. The average molecular weight is 505 g/mol. The Balaban J connectivity index is 2.53. The second-order valence-corrected chi connectivity index (χ2v) is 9.99. The van der Waals surface area contributed by atoms with E-state index in [-0.39, 0.29) is 11.7 Å². The molecular formula is C29H48N2O3S. The zero-order chi connectivity index (χ0) is 25.6. The van der Waals surface area contributed by atoms with E-state index in [1.54, 1.807) is 12.3 Å². The van der Waals surface area contributed by atoms with Gasteiger partial charge in [0.25, 0.3) is 0 Å². The molecule has 0 spiro atoms. The van der Waals surface area contributed by atoms with Gasteiger partial charge in [-0.3, -0.25) is 9.59 Å². The van der Waals surface area contributed by atoms with Gasteiger partial charge in [-0.25, -0.2) is 0 Å². The van der Waals surface area contributed by atoms with Crippen LogP contribution in [0.5, 0.6) is 5.75 Å². The Bertz CT molecular complexity index is 737. The molecule has 0 fully saturated rings. The molecule has 0 aliphatic heterocycles. The van der Waals surface area contributed by atoms with Crippen LogP contribution in [-0.2, 0) is 9.59 Å². The topological polar surface area (TPSA) is 67.4 Å². The first-order valence-corrected chi connectivity index (χ1v) is 15.0. The van der Waals surface area contributed by atoms with Crippen molar-refractivity contribution in [2.24, 2.45) is 0 Å². The zero-order valence-corrected chi connectivity index (χ0v) is 23.1. The van der Waals surface area contributed by atoms with E-state index in [1.807, 2.05) is 24.5 Å². The standard InChI is InChI=1S/C29H48N2O3S/c1-4-6-8-10-12-13-15-17-25(32)20-21-30-27-19-18-26(23-28(27)31-29(33)24-35-3)34-22-16-14-11-9-7-5-2/h18-21,23,30H,4-17,22,24H2,1-3H3,(H,31,33)/b21-20+. The van der Waals surface area contributed by atoms with Gasteiger partial charge < -0.3 is 15.4 Å². The van der Waals surface area contributed by atoms with Crippen molar-refractivity contribution >= 4 is 34.8 Å². The van der Waals surface area contributed by atoms with Gasteiger partial charge in [0.2, 0.25) is 5.91 Å². The van der Waals surface area contributed by atoms with Gasteiger partial charge in [-0.1, -0.05) is 84.5 Å². The van der Waals surface area contributed by atoms with Crippen LogP contribution in [0.3, 0.4) is 0 Å². The first kappa shape index (κ1) is 31.1. The van der Waals surface area contributed by atoms with Crippen molar-refractivity contribution in [1.29, 1.82) is 0 Å². The first-order valence-electron chi connectivity index (χ1n) is 13.6. The van der Waals surface area contributed by atoms with E-state index in [0.29, 0.717) is 24.5 Å². The lowest BCUT2D eigenvalue weighted by molar-refractivity contribution is -0.115. The van der Waals surface area contributed by atoms with E-state index in [1.165, 1.54) is 76.0 Å². The largest absolute Gasteiger partial charge is 0.494 e. The summed E-state index contributed by atoms with van der Waals surface area (Å²) in [6, 6.07) is 5.64. The number of thioether (sulfide) groups is 1. The number of carbonyl (C=O) groups is 2. The van der Waals surface area contributed by atoms with Crippen molar-refractivity contribution < 1.29 is 14.3 Å². The fraction of sp³-hybridized carbons (Fsp3) is 0.655. The molecule has 1 aromatic carbocycles. The van der Waals surface area contributed by atoms with Crippen LogP contribution >= 0.6 is 11.8 Å². The molecule has 0 heterocycles. The van der Waals surface area contributed by atoms with Crippen LogP contribution in [0.15, 0.2) is 30.5 Å². The Morgan fingerprint density at radius 1 is 0.857 bits per heavy atom. The summed E-state index contributed by atoms with van der Waals surface area (Å²) in [6.45, 7) is 5.12. The first-order chi connectivity index (χ1) is 17.1. The molecule has 0 saturated heterocycles. The van der Waals surface area contributed by atoms with Crippen LogP contribution in [-0.4, -0.2) is 30.3 Å². The lowest BCUT2D eigenvalue weighted by atomic mass is 10.1. The monoisotopic (exact) mass is 504 g/mol. The Morgan fingerprint density at radius 3 is 2.14 bits per heavy atom. The molecule has 1 aromatic rings. The van der Waals surface area contributed by atoms with E-state index in [0.717, 1.165) is 30.7 Å². The second-order valence-electron chi connectivity index (χ2n) is 9.12. The summed E-state index contributed by atoms with van der Waals surface area (Å²) < 4.78 is 5.92. The number of ketones is 1. The fourth-order valence-corrected chi connectivity index (χ4v) is 4.13. The van der Waals surface area contributed by atoms with Crippen molar-refractivity contribution in [3.63, 3.8) is 0 Å². The van der Waals surface area contributed by atoms with E-state index < -0.39 is 0 Å². The molecule has 0 saturated carbocycles. The van der Waals surface area contributed by atoms with Crippen molar-refractivity contribution in [1.82, 2.24) is 0 Å². The molecule has 1 amide bonds. The highest BCUT2D eigenvalue weighted by Crippen LogP contribution is 2.28. The minimum absolute atomic E-state index is 0.0624. The second kappa shape index (κ2) is 21.3. The van der Waals surface area contributed by atoms with Gasteiger partial charge in [0, 0.05) is 18.7 Å². The number of hydrogen-bond donors (Lipinski definition) is 2. The number of benzene rings is 1. The minimum Gasteiger partial charge on any atom is -0.494 e. The summed E-state index contributed by atoms with van der Waals surface area (Å²) in [5, 5.41) is 6.12. The third kappa shape index (κ3) is 16.4. The summed E-state index contributed by atoms with van der Waals surface area (Å²) in [5.74, 6) is 1.18. The predicted molar refractivity (Wildman–Crippen MR) is 153 cm³/mol. The van der Waals surface area contributed by atoms with Crippen molar-refractivity contribution in [2.75, 3.05) is 29.2 Å². The maximum atomic E-state index is 12.2. The molecular weight excluding hydrogens is 456 g/mol. The van der Waals surface area contributed by atoms with Gasteiger partial charge in [0.05, 0.1) is 23.7 Å². The van der Waals surface area contributed by atoms with Crippen LogP contribution in [0.4, 0.5) is 11.4 Å². The van der Waals surface area contributed by atoms with Crippen LogP contribution < -0.4 is 15.4 Å². The van der Waals surface area contributed by atoms with Crippen LogP contribution in [0.1, 0.15) is 104 Å². The Kier molecular flexibility index (Phi) is 19.0. The van der Waals surface area contributed by atoms with E-state index >= 15 is 0 Å². The van der Waals surface area contributed by atoms with Crippen molar-refractivity contribution in [2.45, 2.75) is 104 Å². The maximum Gasteiger partial charge on any atom is 0.234 e. The summed E-state index contributed by atoms with van der Waals surface area (Å²) in [6.07, 6.45) is 21.4. The van der Waals surface area contributed by atoms with Gasteiger partial charge >= 0.3 is 0 Å². The molecule has 1 rings (SSSR count). The number of amides is 1. The van der Waals surface area contributed by atoms with Gasteiger partial charge in [0.1, 0.15) is 5.75 Å². The highest BCUT2D eigenvalue weighted by Gasteiger charge is 2.08. The molecule has 0 aromatic heterocycles. The third-order valence-corrected chi connectivity index (χ3v) is 6.39. The molecule has 0 bridgehead atoms. The van der Waals surface area contributed by atoms with Crippen molar-refractivity contribution in [3.8, 4) is 5.75 Å². The van der Waals surface area contributed by atoms with Crippen molar-refractivity contribution in [3.05, 3.63) is 30.5 Å². The summed E-state index contributed by atoms with van der Waals surface area (Å²) >= 11 is 1.48.